The van der Waals surface area contributed by atoms with Crippen molar-refractivity contribution in [2.24, 2.45) is 0 Å². The highest BCUT2D eigenvalue weighted by Crippen LogP contribution is 2.38. The van der Waals surface area contributed by atoms with Crippen LogP contribution in [-0.4, -0.2) is 51.7 Å². The predicted molar refractivity (Wildman–Crippen MR) is 92.6 cm³/mol. The van der Waals surface area contributed by atoms with Gasteiger partial charge in [0.05, 0.1) is 19.9 Å². The first-order valence-corrected chi connectivity index (χ1v) is 8.23. The van der Waals surface area contributed by atoms with E-state index in [0.29, 0.717) is 24.0 Å². The summed E-state index contributed by atoms with van der Waals surface area (Å²) in [5, 5.41) is 0. The lowest BCUT2D eigenvalue weighted by atomic mass is 9.96. The summed E-state index contributed by atoms with van der Waals surface area (Å²) < 4.78 is 10.8. The Hall–Kier alpha value is -1.75. The molecule has 1 aliphatic heterocycles. The lowest BCUT2D eigenvalue weighted by Crippen LogP contribution is -2.48. The summed E-state index contributed by atoms with van der Waals surface area (Å²) in [5.74, 6) is 1.57. The van der Waals surface area contributed by atoms with Crippen LogP contribution in [-0.2, 0) is 11.2 Å². The fourth-order valence-corrected chi connectivity index (χ4v) is 3.00. The van der Waals surface area contributed by atoms with E-state index in [9.17, 15) is 4.79 Å². The minimum absolute atomic E-state index is 0.187. The molecule has 23 heavy (non-hydrogen) atoms. The van der Waals surface area contributed by atoms with E-state index in [1.54, 1.807) is 14.2 Å². The van der Waals surface area contributed by atoms with Crippen molar-refractivity contribution < 1.29 is 14.3 Å². The number of hydrogen-bond acceptors (Lipinski definition) is 4. The van der Waals surface area contributed by atoms with Crippen LogP contribution in [0, 0.1) is 0 Å². The molecule has 0 bridgehead atoms. The average Bonchev–Trinajstić information content (AvgIpc) is 2.56. The smallest absolute Gasteiger partial charge is 0.227 e. The third-order valence-electron chi connectivity index (χ3n) is 4.50. The van der Waals surface area contributed by atoms with Gasteiger partial charge in [0.2, 0.25) is 5.91 Å². The summed E-state index contributed by atoms with van der Waals surface area (Å²) in [7, 11) is 7.38. The number of amides is 1. The number of carbonyl (C=O) groups excluding carboxylic acids is 1. The van der Waals surface area contributed by atoms with Crippen molar-refractivity contribution in [2.75, 3.05) is 39.8 Å². The Morgan fingerprint density at radius 1 is 1.26 bits per heavy atom. The van der Waals surface area contributed by atoms with E-state index < -0.39 is 0 Å². The molecule has 0 fully saturated rings. The summed E-state index contributed by atoms with van der Waals surface area (Å²) in [4.78, 5) is 16.8. The standard InChI is InChI=1S/C18H28N2O3/c1-6-7-8-18(21)20-12-14(19(2)3)9-13-10-16(22-4)17(23-5)11-15(13)20/h10-11,14H,6-9,12H2,1-5H3. The van der Waals surface area contributed by atoms with Crippen LogP contribution in [0.4, 0.5) is 5.69 Å². The van der Waals surface area contributed by atoms with Gasteiger partial charge in [-0.25, -0.2) is 0 Å². The summed E-state index contributed by atoms with van der Waals surface area (Å²) in [6, 6.07) is 4.25. The zero-order valence-corrected chi connectivity index (χ0v) is 14.9. The zero-order valence-electron chi connectivity index (χ0n) is 14.9. The Morgan fingerprint density at radius 3 is 2.48 bits per heavy atom. The number of rotatable bonds is 6. The molecule has 0 radical (unpaired) electrons. The van der Waals surface area contributed by atoms with E-state index >= 15 is 0 Å². The summed E-state index contributed by atoms with van der Waals surface area (Å²) in [6.45, 7) is 2.83. The van der Waals surface area contributed by atoms with E-state index in [2.05, 4.69) is 25.9 Å². The highest BCUT2D eigenvalue weighted by atomic mass is 16.5. The van der Waals surface area contributed by atoms with Crippen molar-refractivity contribution in [3.8, 4) is 11.5 Å². The monoisotopic (exact) mass is 320 g/mol. The van der Waals surface area contributed by atoms with Crippen LogP contribution in [0.5, 0.6) is 11.5 Å². The molecule has 0 aliphatic carbocycles. The Morgan fingerprint density at radius 2 is 1.91 bits per heavy atom. The minimum atomic E-state index is 0.187. The molecule has 0 saturated heterocycles. The first-order valence-electron chi connectivity index (χ1n) is 8.23. The maximum Gasteiger partial charge on any atom is 0.227 e. The normalized spacial score (nSPS) is 17.1. The van der Waals surface area contributed by atoms with Gasteiger partial charge < -0.3 is 19.3 Å². The van der Waals surface area contributed by atoms with E-state index in [1.807, 2.05) is 17.0 Å². The molecule has 1 amide bonds. The van der Waals surface area contributed by atoms with Crippen LogP contribution in [0.15, 0.2) is 12.1 Å². The molecule has 5 heteroatoms. The Labute approximate surface area is 139 Å². The number of fused-ring (bicyclic) bond motifs is 1. The number of nitrogens with zero attached hydrogens (tertiary/aromatic N) is 2. The first-order chi connectivity index (χ1) is 11.0. The molecule has 1 unspecified atom stereocenters. The zero-order chi connectivity index (χ0) is 17.0. The molecule has 1 atom stereocenters. The minimum Gasteiger partial charge on any atom is -0.493 e. The Kier molecular flexibility index (Phi) is 5.88. The van der Waals surface area contributed by atoms with Crippen LogP contribution >= 0.6 is 0 Å². The fraction of sp³-hybridized carbons (Fsp3) is 0.611. The molecule has 0 saturated carbocycles. The Bertz CT molecular complexity index is 557. The molecular formula is C18H28N2O3. The first kappa shape index (κ1) is 17.6. The molecule has 2 rings (SSSR count). The molecular weight excluding hydrogens is 292 g/mol. The van der Waals surface area contributed by atoms with E-state index in [1.165, 1.54) is 0 Å². The second kappa shape index (κ2) is 7.68. The quantitative estimate of drug-likeness (QED) is 0.808. The van der Waals surface area contributed by atoms with Gasteiger partial charge in [-0.3, -0.25) is 4.79 Å². The Balaban J connectivity index is 2.41. The van der Waals surface area contributed by atoms with Gasteiger partial charge in [-0.15, -0.1) is 0 Å². The van der Waals surface area contributed by atoms with Crippen LogP contribution in [0.3, 0.4) is 0 Å². The van der Waals surface area contributed by atoms with Crippen molar-refractivity contribution in [1.82, 2.24) is 4.90 Å². The summed E-state index contributed by atoms with van der Waals surface area (Å²) in [5.41, 5.74) is 2.10. The van der Waals surface area contributed by atoms with E-state index in [-0.39, 0.29) is 5.91 Å². The second-order valence-electron chi connectivity index (χ2n) is 6.27. The molecule has 128 valence electrons. The summed E-state index contributed by atoms with van der Waals surface area (Å²) >= 11 is 0. The maximum atomic E-state index is 12.7. The van der Waals surface area contributed by atoms with E-state index in [0.717, 1.165) is 37.1 Å². The number of unbranched alkanes of at least 4 members (excludes halogenated alkanes) is 1. The molecule has 1 aromatic rings. The molecule has 0 N–H and O–H groups in total. The van der Waals surface area contributed by atoms with Gasteiger partial charge in [0.15, 0.2) is 11.5 Å². The number of likely N-dealkylation sites (N-methyl/N-ethyl adjacent to an activating group) is 1. The van der Waals surface area contributed by atoms with Crippen molar-refractivity contribution >= 4 is 11.6 Å². The van der Waals surface area contributed by atoms with Crippen molar-refractivity contribution in [2.45, 2.75) is 38.6 Å². The van der Waals surface area contributed by atoms with Gasteiger partial charge in [-0.2, -0.15) is 0 Å². The third-order valence-corrected chi connectivity index (χ3v) is 4.50. The van der Waals surface area contributed by atoms with Gasteiger partial charge in [-0.1, -0.05) is 13.3 Å². The maximum absolute atomic E-state index is 12.7. The molecule has 0 spiro atoms. The van der Waals surface area contributed by atoms with Crippen molar-refractivity contribution in [1.29, 1.82) is 0 Å². The largest absolute Gasteiger partial charge is 0.493 e. The number of methoxy groups -OCH3 is 2. The van der Waals surface area contributed by atoms with Crippen molar-refractivity contribution in [3.05, 3.63) is 17.7 Å². The SMILES string of the molecule is CCCCC(=O)N1CC(N(C)C)Cc2cc(OC)c(OC)cc21. The number of anilines is 1. The lowest BCUT2D eigenvalue weighted by molar-refractivity contribution is -0.119. The lowest BCUT2D eigenvalue weighted by Gasteiger charge is -2.38. The summed E-state index contributed by atoms with van der Waals surface area (Å²) in [6.07, 6.45) is 3.44. The molecule has 1 aromatic carbocycles. The van der Waals surface area contributed by atoms with Gasteiger partial charge in [0, 0.05) is 25.1 Å². The number of ether oxygens (including phenoxy) is 2. The number of carbonyl (C=O) groups is 1. The number of benzene rings is 1. The predicted octanol–water partition coefficient (Wildman–Crippen LogP) is 2.71. The molecule has 0 aromatic heterocycles. The highest BCUT2D eigenvalue weighted by Gasteiger charge is 2.30. The number of hydrogen-bond donors (Lipinski definition) is 0. The van der Waals surface area contributed by atoms with Crippen LogP contribution < -0.4 is 14.4 Å². The van der Waals surface area contributed by atoms with Gasteiger partial charge >= 0.3 is 0 Å². The molecule has 1 aliphatic rings. The average molecular weight is 320 g/mol. The highest BCUT2D eigenvalue weighted by molar-refractivity contribution is 5.95. The molecule has 5 nitrogen and oxygen atoms in total. The fourth-order valence-electron chi connectivity index (χ4n) is 3.00. The van der Waals surface area contributed by atoms with Gasteiger partial charge in [0.25, 0.3) is 0 Å². The molecule has 1 heterocycles. The van der Waals surface area contributed by atoms with Crippen LogP contribution in [0.2, 0.25) is 0 Å². The van der Waals surface area contributed by atoms with E-state index in [4.69, 9.17) is 9.47 Å². The van der Waals surface area contributed by atoms with Gasteiger partial charge in [-0.05, 0) is 38.6 Å². The van der Waals surface area contributed by atoms with Crippen molar-refractivity contribution in [3.63, 3.8) is 0 Å². The van der Waals surface area contributed by atoms with Crippen LogP contribution in [0.25, 0.3) is 0 Å². The van der Waals surface area contributed by atoms with Gasteiger partial charge in [0.1, 0.15) is 0 Å². The second-order valence-corrected chi connectivity index (χ2v) is 6.27. The third kappa shape index (κ3) is 3.78. The topological polar surface area (TPSA) is 42.0 Å². The van der Waals surface area contributed by atoms with Crippen LogP contribution in [0.1, 0.15) is 31.7 Å².